The standard InChI is InChI=1S/C21H19N2/c1-16-7-5-9-19(21(16)20-10-3-4-12-22(20)2)17-11-14-23-13-6-8-18(23)15-17/h3-15H,1-2H3/q+1. The largest absolute Gasteiger partial charge is 0.324 e. The van der Waals surface area contributed by atoms with E-state index in [4.69, 9.17) is 0 Å². The molecule has 0 bridgehead atoms. The van der Waals surface area contributed by atoms with Crippen molar-refractivity contribution in [1.29, 1.82) is 0 Å². The van der Waals surface area contributed by atoms with Gasteiger partial charge in [-0.05, 0) is 53.9 Å². The number of pyridine rings is 2. The highest BCUT2D eigenvalue weighted by Crippen LogP contribution is 2.33. The number of fused-ring (bicyclic) bond motifs is 1. The maximum absolute atomic E-state index is 2.25. The average molecular weight is 299 g/mol. The third-order valence-electron chi connectivity index (χ3n) is 4.42. The molecule has 0 spiro atoms. The lowest BCUT2D eigenvalue weighted by Gasteiger charge is -2.12. The van der Waals surface area contributed by atoms with Crippen molar-refractivity contribution in [2.24, 2.45) is 7.05 Å². The fraction of sp³-hybridized carbons (Fsp3) is 0.0952. The molecule has 112 valence electrons. The molecule has 0 saturated heterocycles. The van der Waals surface area contributed by atoms with Crippen LogP contribution in [-0.2, 0) is 7.05 Å². The third-order valence-corrected chi connectivity index (χ3v) is 4.42. The van der Waals surface area contributed by atoms with E-state index in [1.807, 2.05) is 0 Å². The first-order valence-electron chi connectivity index (χ1n) is 7.86. The molecule has 0 radical (unpaired) electrons. The molecule has 0 amide bonds. The van der Waals surface area contributed by atoms with Crippen LogP contribution < -0.4 is 4.57 Å². The first-order chi connectivity index (χ1) is 11.2. The van der Waals surface area contributed by atoms with Gasteiger partial charge in [-0.25, -0.2) is 4.57 Å². The fourth-order valence-corrected chi connectivity index (χ4v) is 3.23. The molecular formula is C21H19N2+. The molecule has 23 heavy (non-hydrogen) atoms. The van der Waals surface area contributed by atoms with Gasteiger partial charge in [0.2, 0.25) is 5.69 Å². The van der Waals surface area contributed by atoms with Gasteiger partial charge in [-0.1, -0.05) is 18.2 Å². The number of rotatable bonds is 2. The van der Waals surface area contributed by atoms with Crippen molar-refractivity contribution in [3.63, 3.8) is 0 Å². The van der Waals surface area contributed by atoms with Crippen LogP contribution in [0.1, 0.15) is 5.56 Å². The van der Waals surface area contributed by atoms with Crippen LogP contribution in [0.3, 0.4) is 0 Å². The van der Waals surface area contributed by atoms with E-state index in [0.29, 0.717) is 0 Å². The molecule has 2 nitrogen and oxygen atoms in total. The normalized spacial score (nSPS) is 11.0. The fourth-order valence-electron chi connectivity index (χ4n) is 3.23. The Kier molecular flexibility index (Phi) is 3.23. The zero-order valence-electron chi connectivity index (χ0n) is 13.4. The van der Waals surface area contributed by atoms with Gasteiger partial charge >= 0.3 is 0 Å². The minimum Gasteiger partial charge on any atom is -0.324 e. The van der Waals surface area contributed by atoms with Crippen LogP contribution in [-0.4, -0.2) is 4.40 Å². The van der Waals surface area contributed by atoms with Crippen LogP contribution in [0.15, 0.2) is 79.3 Å². The first-order valence-corrected chi connectivity index (χ1v) is 7.86. The van der Waals surface area contributed by atoms with Gasteiger partial charge in [-0.2, -0.15) is 0 Å². The Morgan fingerprint density at radius 2 is 1.78 bits per heavy atom. The van der Waals surface area contributed by atoms with Gasteiger partial charge in [-0.3, -0.25) is 0 Å². The van der Waals surface area contributed by atoms with E-state index in [2.05, 4.69) is 102 Å². The van der Waals surface area contributed by atoms with Crippen molar-refractivity contribution in [1.82, 2.24) is 4.40 Å². The summed E-state index contributed by atoms with van der Waals surface area (Å²) >= 11 is 0. The van der Waals surface area contributed by atoms with Crippen LogP contribution in [0.5, 0.6) is 0 Å². The molecule has 0 saturated carbocycles. The van der Waals surface area contributed by atoms with Gasteiger partial charge in [0.25, 0.3) is 0 Å². The summed E-state index contributed by atoms with van der Waals surface area (Å²) in [7, 11) is 2.10. The van der Waals surface area contributed by atoms with E-state index in [0.717, 1.165) is 0 Å². The first kappa shape index (κ1) is 13.8. The maximum Gasteiger partial charge on any atom is 0.213 e. The van der Waals surface area contributed by atoms with Crippen molar-refractivity contribution in [3.05, 3.63) is 84.8 Å². The number of aryl methyl sites for hydroxylation is 2. The lowest BCUT2D eigenvalue weighted by atomic mass is 9.93. The van der Waals surface area contributed by atoms with Crippen molar-refractivity contribution in [2.45, 2.75) is 6.92 Å². The second-order valence-corrected chi connectivity index (χ2v) is 5.95. The number of benzene rings is 1. The number of hydrogen-bond donors (Lipinski definition) is 0. The molecule has 4 rings (SSSR count). The molecular weight excluding hydrogens is 280 g/mol. The van der Waals surface area contributed by atoms with Gasteiger partial charge in [0.1, 0.15) is 7.05 Å². The van der Waals surface area contributed by atoms with E-state index in [9.17, 15) is 0 Å². The minimum absolute atomic E-state index is 1.22. The van der Waals surface area contributed by atoms with Crippen molar-refractivity contribution in [3.8, 4) is 22.4 Å². The molecule has 4 aromatic rings. The van der Waals surface area contributed by atoms with Crippen molar-refractivity contribution in [2.75, 3.05) is 0 Å². The highest BCUT2D eigenvalue weighted by Gasteiger charge is 2.17. The topological polar surface area (TPSA) is 8.29 Å². The van der Waals surface area contributed by atoms with Gasteiger partial charge in [0, 0.05) is 30.0 Å². The summed E-state index contributed by atoms with van der Waals surface area (Å²) in [5.74, 6) is 0. The Labute approximate surface area is 136 Å². The zero-order valence-corrected chi connectivity index (χ0v) is 13.4. The molecule has 0 fully saturated rings. The summed E-state index contributed by atoms with van der Waals surface area (Å²) in [5.41, 5.74) is 7.56. The Balaban J connectivity index is 1.99. The minimum atomic E-state index is 1.22. The van der Waals surface area contributed by atoms with Crippen LogP contribution in [0, 0.1) is 6.92 Å². The molecule has 0 unspecified atom stereocenters. The predicted octanol–water partition coefficient (Wildman–Crippen LogP) is 4.41. The van der Waals surface area contributed by atoms with E-state index >= 15 is 0 Å². The highest BCUT2D eigenvalue weighted by atomic mass is 14.9. The average Bonchev–Trinajstić information content (AvgIpc) is 3.03. The molecule has 0 aliphatic rings. The molecule has 3 heterocycles. The van der Waals surface area contributed by atoms with Gasteiger partial charge < -0.3 is 4.40 Å². The van der Waals surface area contributed by atoms with Crippen LogP contribution in [0.2, 0.25) is 0 Å². The molecule has 1 aromatic carbocycles. The molecule has 0 atom stereocenters. The monoisotopic (exact) mass is 299 g/mol. The second kappa shape index (κ2) is 5.40. The lowest BCUT2D eigenvalue weighted by molar-refractivity contribution is -0.660. The van der Waals surface area contributed by atoms with Crippen LogP contribution >= 0.6 is 0 Å². The summed E-state index contributed by atoms with van der Waals surface area (Å²) < 4.78 is 4.32. The third kappa shape index (κ3) is 2.33. The molecule has 0 aliphatic heterocycles. The Hall–Kier alpha value is -2.87. The number of nitrogens with zero attached hydrogens (tertiary/aromatic N) is 2. The molecule has 0 N–H and O–H groups in total. The van der Waals surface area contributed by atoms with Crippen molar-refractivity contribution < 1.29 is 4.57 Å². The van der Waals surface area contributed by atoms with Gasteiger partial charge in [-0.15, -0.1) is 0 Å². The Morgan fingerprint density at radius 1 is 0.870 bits per heavy atom. The highest BCUT2D eigenvalue weighted by molar-refractivity contribution is 5.84. The number of hydrogen-bond acceptors (Lipinski definition) is 0. The summed E-state index contributed by atoms with van der Waals surface area (Å²) in [6, 6.07) is 21.5. The Bertz CT molecular complexity index is 996. The van der Waals surface area contributed by atoms with E-state index in [1.54, 1.807) is 0 Å². The summed E-state index contributed by atoms with van der Waals surface area (Å²) in [6.45, 7) is 2.18. The van der Waals surface area contributed by atoms with Gasteiger partial charge in [0.15, 0.2) is 6.20 Å². The smallest absolute Gasteiger partial charge is 0.213 e. The maximum atomic E-state index is 2.25. The predicted molar refractivity (Wildman–Crippen MR) is 94.2 cm³/mol. The van der Waals surface area contributed by atoms with E-state index in [-0.39, 0.29) is 0 Å². The van der Waals surface area contributed by atoms with Crippen LogP contribution in [0.25, 0.3) is 27.9 Å². The molecule has 3 aromatic heterocycles. The second-order valence-electron chi connectivity index (χ2n) is 5.95. The zero-order chi connectivity index (χ0) is 15.8. The lowest BCUT2D eigenvalue weighted by Crippen LogP contribution is -2.30. The van der Waals surface area contributed by atoms with E-state index in [1.165, 1.54) is 33.5 Å². The Morgan fingerprint density at radius 3 is 2.65 bits per heavy atom. The number of aromatic nitrogens is 2. The molecule has 2 heteroatoms. The van der Waals surface area contributed by atoms with E-state index < -0.39 is 0 Å². The summed E-state index contributed by atoms with van der Waals surface area (Å²) in [5, 5.41) is 0. The summed E-state index contributed by atoms with van der Waals surface area (Å²) in [4.78, 5) is 0. The molecule has 0 aliphatic carbocycles. The SMILES string of the molecule is Cc1cccc(-c2ccn3cccc3c2)c1-c1cccc[n+]1C. The van der Waals surface area contributed by atoms with Gasteiger partial charge in [0.05, 0.1) is 5.56 Å². The summed E-state index contributed by atoms with van der Waals surface area (Å²) in [6.07, 6.45) is 6.30. The van der Waals surface area contributed by atoms with Crippen LogP contribution in [0.4, 0.5) is 0 Å². The van der Waals surface area contributed by atoms with Crippen molar-refractivity contribution >= 4 is 5.52 Å². The quantitative estimate of drug-likeness (QED) is 0.485.